The maximum atomic E-state index is 11.2. The van der Waals surface area contributed by atoms with Gasteiger partial charge in [-0.05, 0) is 24.6 Å². The van der Waals surface area contributed by atoms with Gasteiger partial charge in [-0.3, -0.25) is 9.79 Å². The maximum absolute atomic E-state index is 11.2. The normalized spacial score (nSPS) is 20.0. The first-order valence-corrected chi connectivity index (χ1v) is 5.56. The minimum atomic E-state index is -0.243. The van der Waals surface area contributed by atoms with Crippen molar-refractivity contribution in [3.05, 3.63) is 34.3 Å². The summed E-state index contributed by atoms with van der Waals surface area (Å²) in [7, 11) is 0. The largest absolute Gasteiger partial charge is 0.312 e. The van der Waals surface area contributed by atoms with E-state index in [1.807, 2.05) is 24.3 Å². The maximum Gasteiger partial charge on any atom is 0.249 e. The van der Waals surface area contributed by atoms with Crippen molar-refractivity contribution in [1.82, 2.24) is 5.32 Å². The molecule has 78 valence electrons. The van der Waals surface area contributed by atoms with Crippen LogP contribution in [0.15, 0.2) is 33.7 Å². The van der Waals surface area contributed by atoms with Crippen LogP contribution in [0, 0.1) is 0 Å². The molecule has 2 rings (SSSR count). The van der Waals surface area contributed by atoms with Crippen LogP contribution in [-0.4, -0.2) is 17.8 Å². The monoisotopic (exact) mass is 266 g/mol. The minimum absolute atomic E-state index is 0.0139. The molecular weight excluding hydrogens is 256 g/mol. The Labute approximate surface area is 96.7 Å². The van der Waals surface area contributed by atoms with Gasteiger partial charge >= 0.3 is 0 Å². The summed E-state index contributed by atoms with van der Waals surface area (Å²) in [5, 5.41) is 2.77. The molecule has 0 bridgehead atoms. The van der Waals surface area contributed by atoms with Crippen LogP contribution in [0.2, 0.25) is 0 Å². The van der Waals surface area contributed by atoms with Gasteiger partial charge in [-0.15, -0.1) is 0 Å². The molecular formula is C11H11BrN2O. The van der Waals surface area contributed by atoms with Gasteiger partial charge in [-0.25, -0.2) is 0 Å². The molecule has 1 atom stereocenters. The third-order valence-electron chi connectivity index (χ3n) is 2.26. The van der Waals surface area contributed by atoms with Gasteiger partial charge in [0.25, 0.3) is 0 Å². The van der Waals surface area contributed by atoms with Gasteiger partial charge in [0, 0.05) is 10.9 Å². The van der Waals surface area contributed by atoms with Crippen molar-refractivity contribution < 1.29 is 4.79 Å². The van der Waals surface area contributed by atoms with Crippen LogP contribution in [0.3, 0.4) is 0 Å². The third kappa shape index (κ3) is 2.45. The van der Waals surface area contributed by atoms with Crippen molar-refractivity contribution in [3.8, 4) is 0 Å². The third-order valence-corrected chi connectivity index (χ3v) is 2.75. The zero-order valence-corrected chi connectivity index (χ0v) is 9.91. The number of hydrogen-bond donors (Lipinski definition) is 1. The molecule has 1 N–H and O–H groups in total. The highest BCUT2D eigenvalue weighted by atomic mass is 79.9. The van der Waals surface area contributed by atoms with Crippen LogP contribution in [-0.2, 0) is 11.2 Å². The molecule has 1 aliphatic heterocycles. The molecule has 0 aliphatic carbocycles. The van der Waals surface area contributed by atoms with Crippen molar-refractivity contribution in [2.45, 2.75) is 19.4 Å². The van der Waals surface area contributed by atoms with Gasteiger partial charge in [-0.1, -0.05) is 28.1 Å². The minimum Gasteiger partial charge on any atom is -0.312 e. The lowest BCUT2D eigenvalue weighted by Gasteiger charge is -2.01. The van der Waals surface area contributed by atoms with Gasteiger partial charge in [0.1, 0.15) is 11.9 Å². The summed E-state index contributed by atoms with van der Waals surface area (Å²) in [5.74, 6) is 0.741. The first kappa shape index (κ1) is 10.4. The number of rotatable bonds is 2. The molecule has 1 amide bonds. The van der Waals surface area contributed by atoms with Crippen LogP contribution >= 0.6 is 15.9 Å². The second-order valence-corrected chi connectivity index (χ2v) is 4.46. The van der Waals surface area contributed by atoms with E-state index in [0.29, 0.717) is 6.42 Å². The summed E-state index contributed by atoms with van der Waals surface area (Å²) in [5.41, 5.74) is 1.14. The van der Waals surface area contributed by atoms with Gasteiger partial charge in [0.2, 0.25) is 5.91 Å². The fourth-order valence-electron chi connectivity index (χ4n) is 1.50. The molecule has 1 aliphatic rings. The predicted octanol–water partition coefficient (Wildman–Crippen LogP) is 1.91. The van der Waals surface area contributed by atoms with E-state index in [1.54, 1.807) is 6.92 Å². The van der Waals surface area contributed by atoms with E-state index >= 15 is 0 Å². The van der Waals surface area contributed by atoms with Crippen LogP contribution < -0.4 is 5.32 Å². The number of aliphatic imine (C=N–C) groups is 1. The Morgan fingerprint density at radius 1 is 1.53 bits per heavy atom. The first-order chi connectivity index (χ1) is 7.15. The fourth-order valence-corrected chi connectivity index (χ4v) is 1.95. The van der Waals surface area contributed by atoms with E-state index in [1.165, 1.54) is 0 Å². The summed E-state index contributed by atoms with van der Waals surface area (Å²) >= 11 is 3.41. The Hall–Kier alpha value is -1.16. The number of carbonyl (C=O) groups excluding carboxylic acids is 1. The zero-order chi connectivity index (χ0) is 10.8. The number of nitrogens with zero attached hydrogens (tertiary/aromatic N) is 1. The van der Waals surface area contributed by atoms with E-state index in [-0.39, 0.29) is 11.9 Å². The highest BCUT2D eigenvalue weighted by molar-refractivity contribution is 9.10. The number of nitrogens with one attached hydrogen (secondary N) is 1. The second-order valence-electron chi connectivity index (χ2n) is 3.55. The lowest BCUT2D eigenvalue weighted by Crippen LogP contribution is -2.28. The standard InChI is InChI=1S/C11H11BrN2O/c1-7-11(15)14-10(13-7)6-8-3-2-4-9(12)5-8/h2-5,7H,6H2,1H3,(H,13,14,15). The smallest absolute Gasteiger partial charge is 0.249 e. The molecule has 1 unspecified atom stereocenters. The van der Waals surface area contributed by atoms with Gasteiger partial charge in [-0.2, -0.15) is 0 Å². The summed E-state index contributed by atoms with van der Waals surface area (Å²) < 4.78 is 1.04. The Bertz CT molecular complexity index is 428. The zero-order valence-electron chi connectivity index (χ0n) is 8.33. The summed E-state index contributed by atoms with van der Waals surface area (Å²) in [6.45, 7) is 1.79. The number of halogens is 1. The molecule has 1 aromatic rings. The molecule has 1 heterocycles. The van der Waals surface area contributed by atoms with Gasteiger partial charge in [0.15, 0.2) is 0 Å². The molecule has 4 heteroatoms. The highest BCUT2D eigenvalue weighted by Gasteiger charge is 2.21. The van der Waals surface area contributed by atoms with Crippen molar-refractivity contribution in [1.29, 1.82) is 0 Å². The molecule has 0 radical (unpaired) electrons. The summed E-state index contributed by atoms with van der Waals surface area (Å²) in [4.78, 5) is 15.4. The topological polar surface area (TPSA) is 41.5 Å². The van der Waals surface area contributed by atoms with Crippen molar-refractivity contribution in [2.24, 2.45) is 4.99 Å². The molecule has 3 nitrogen and oxygen atoms in total. The second kappa shape index (κ2) is 4.14. The number of amidine groups is 1. The van der Waals surface area contributed by atoms with Crippen LogP contribution in [0.4, 0.5) is 0 Å². The van der Waals surface area contributed by atoms with E-state index in [2.05, 4.69) is 26.2 Å². The molecule has 0 fully saturated rings. The van der Waals surface area contributed by atoms with Gasteiger partial charge in [0.05, 0.1) is 0 Å². The number of benzene rings is 1. The molecule has 0 saturated carbocycles. The number of amides is 1. The first-order valence-electron chi connectivity index (χ1n) is 4.77. The predicted molar refractivity (Wildman–Crippen MR) is 62.9 cm³/mol. The Morgan fingerprint density at radius 2 is 2.33 bits per heavy atom. The van der Waals surface area contributed by atoms with Crippen LogP contribution in [0.25, 0.3) is 0 Å². The van der Waals surface area contributed by atoms with Crippen molar-refractivity contribution in [2.75, 3.05) is 0 Å². The number of hydrogen-bond acceptors (Lipinski definition) is 2. The lowest BCUT2D eigenvalue weighted by molar-refractivity contribution is -0.119. The Kier molecular flexibility index (Phi) is 2.86. The van der Waals surface area contributed by atoms with Crippen LogP contribution in [0.5, 0.6) is 0 Å². The molecule has 15 heavy (non-hydrogen) atoms. The molecule has 0 aromatic heterocycles. The lowest BCUT2D eigenvalue weighted by atomic mass is 10.1. The van der Waals surface area contributed by atoms with E-state index in [9.17, 15) is 4.79 Å². The molecule has 1 aromatic carbocycles. The average Bonchev–Trinajstić information content (AvgIpc) is 2.45. The average molecular weight is 267 g/mol. The van der Waals surface area contributed by atoms with Gasteiger partial charge < -0.3 is 5.32 Å². The highest BCUT2D eigenvalue weighted by Crippen LogP contribution is 2.13. The summed E-state index contributed by atoms with van der Waals surface area (Å²) in [6.07, 6.45) is 0.676. The quantitative estimate of drug-likeness (QED) is 0.873. The SMILES string of the molecule is CC1N=C(Cc2cccc(Br)c2)NC1=O. The van der Waals surface area contributed by atoms with Crippen molar-refractivity contribution in [3.63, 3.8) is 0 Å². The van der Waals surface area contributed by atoms with E-state index in [0.717, 1.165) is 15.9 Å². The van der Waals surface area contributed by atoms with Crippen molar-refractivity contribution >= 4 is 27.7 Å². The Morgan fingerprint density at radius 3 is 2.93 bits per heavy atom. The summed E-state index contributed by atoms with van der Waals surface area (Å²) in [6, 6.07) is 7.74. The molecule has 0 spiro atoms. The Balaban J connectivity index is 2.10. The van der Waals surface area contributed by atoms with E-state index < -0.39 is 0 Å². The molecule has 0 saturated heterocycles. The van der Waals surface area contributed by atoms with Crippen LogP contribution in [0.1, 0.15) is 12.5 Å². The fraction of sp³-hybridized carbons (Fsp3) is 0.273. The number of carbonyl (C=O) groups is 1. The van der Waals surface area contributed by atoms with E-state index in [4.69, 9.17) is 0 Å².